The topological polar surface area (TPSA) is 22.9 Å². The predicted octanol–water partition coefficient (Wildman–Crippen LogP) is 22.9. The molecular weight excluding hydrogens is 1120 g/mol. The van der Waals surface area contributed by atoms with Crippen molar-refractivity contribution in [3.05, 3.63) is 253 Å². The number of rotatable bonds is 7. The van der Waals surface area contributed by atoms with E-state index in [1.54, 1.807) is 0 Å². The number of anilines is 8. The van der Waals surface area contributed by atoms with Gasteiger partial charge >= 0.3 is 6.85 Å². The van der Waals surface area contributed by atoms with E-state index in [2.05, 4.69) is 328 Å². The minimum absolute atomic E-state index is 0.0120. The number of para-hydroxylation sites is 1. The van der Waals surface area contributed by atoms with Gasteiger partial charge in [0.15, 0.2) is 0 Å². The normalized spacial score (nSPS) is 13.7. The average Bonchev–Trinajstić information content (AvgIpc) is 1.62. The van der Waals surface area contributed by atoms with Gasteiger partial charge in [0.2, 0.25) is 0 Å². The highest BCUT2D eigenvalue weighted by Gasteiger charge is 2.48. The maximum absolute atomic E-state index is 7.47. The Labute approximate surface area is 534 Å². The molecule has 438 valence electrons. The molecule has 0 saturated heterocycles. The number of furan rings is 1. The van der Waals surface area contributed by atoms with Crippen LogP contribution in [0, 0.1) is 0 Å². The van der Waals surface area contributed by atoms with Gasteiger partial charge in [0.25, 0.3) is 0 Å². The highest BCUT2D eigenvalue weighted by molar-refractivity contribution is 8.05. The Morgan fingerprint density at radius 1 is 0.360 bits per heavy atom. The van der Waals surface area contributed by atoms with Gasteiger partial charge in [-0.25, -0.2) is 0 Å². The van der Waals surface area contributed by atoms with E-state index in [9.17, 15) is 0 Å². The molecule has 0 amide bonds. The van der Waals surface area contributed by atoms with Crippen molar-refractivity contribution in [3.63, 3.8) is 0 Å². The van der Waals surface area contributed by atoms with E-state index in [0.717, 1.165) is 78.6 Å². The zero-order chi connectivity index (χ0) is 61.5. The summed E-state index contributed by atoms with van der Waals surface area (Å²) in [4.78, 5) is 12.9. The standard InChI is InChI=1S/C82H74BN3OS2/c1-79(2,3)53-31-37-57(38-32-53)84(58-39-33-54(34-40-58)80(4,5)6)59-41-44-68-64(47-59)76-77-70(48-63-60-27-19-20-28-71(60)87-78(63)76)85(66-42-35-55(81(7,8)9)45-61(66)51-23-15-13-16-24-51)69-50-75-74(88-72-29-21-22-30-73(72)89-75)49-65(69)83(77)86(68)67-43-36-56(82(10,11)12)46-62(67)52-25-17-14-18-26-52/h13-50H,1-12H3. The monoisotopic (exact) mass is 1190 g/mol. The fraction of sp³-hybridized carbons (Fsp3) is 0.195. The first kappa shape index (κ1) is 56.9. The predicted molar refractivity (Wildman–Crippen MR) is 382 cm³/mol. The van der Waals surface area contributed by atoms with Crippen LogP contribution in [0.5, 0.6) is 0 Å². The van der Waals surface area contributed by atoms with Crippen LogP contribution in [0.2, 0.25) is 0 Å². The first-order chi connectivity index (χ1) is 42.7. The molecule has 3 aliphatic heterocycles. The zero-order valence-corrected chi connectivity index (χ0v) is 54.7. The van der Waals surface area contributed by atoms with Crippen LogP contribution in [-0.4, -0.2) is 6.85 Å². The van der Waals surface area contributed by atoms with Crippen LogP contribution in [0.1, 0.15) is 105 Å². The van der Waals surface area contributed by atoms with Gasteiger partial charge in [-0.15, -0.1) is 0 Å². The molecule has 4 nitrogen and oxygen atoms in total. The second kappa shape index (κ2) is 21.0. The Morgan fingerprint density at radius 2 is 0.820 bits per heavy atom. The molecule has 7 heteroatoms. The van der Waals surface area contributed by atoms with Gasteiger partial charge in [0.05, 0.1) is 5.69 Å². The average molecular weight is 1190 g/mol. The van der Waals surface area contributed by atoms with E-state index < -0.39 is 0 Å². The van der Waals surface area contributed by atoms with Crippen LogP contribution in [0.3, 0.4) is 0 Å². The molecule has 0 aliphatic carbocycles. The lowest BCUT2D eigenvalue weighted by molar-refractivity contribution is 0.590. The molecule has 0 radical (unpaired) electrons. The van der Waals surface area contributed by atoms with E-state index in [-0.39, 0.29) is 28.5 Å². The largest absolute Gasteiger partial charge is 0.455 e. The highest BCUT2D eigenvalue weighted by atomic mass is 32.2. The maximum Gasteiger partial charge on any atom is 0.333 e. The summed E-state index contributed by atoms with van der Waals surface area (Å²) in [7, 11) is 0. The van der Waals surface area contributed by atoms with Crippen LogP contribution >= 0.6 is 23.5 Å². The van der Waals surface area contributed by atoms with Crippen LogP contribution in [0.15, 0.2) is 255 Å². The van der Waals surface area contributed by atoms with E-state index >= 15 is 0 Å². The number of nitrogens with zero attached hydrogens (tertiary/aromatic N) is 3. The van der Waals surface area contributed by atoms with Gasteiger partial charge in [-0.2, -0.15) is 0 Å². The van der Waals surface area contributed by atoms with Crippen LogP contribution in [0.4, 0.5) is 45.5 Å². The Hall–Kier alpha value is -8.62. The van der Waals surface area contributed by atoms with Crippen molar-refractivity contribution in [1.29, 1.82) is 0 Å². The fourth-order valence-electron chi connectivity index (χ4n) is 13.7. The quantitative estimate of drug-likeness (QED) is 0.147. The van der Waals surface area contributed by atoms with E-state index in [0.29, 0.717) is 0 Å². The smallest absolute Gasteiger partial charge is 0.333 e. The van der Waals surface area contributed by atoms with Gasteiger partial charge in [0, 0.05) is 92.4 Å². The number of hydrogen-bond donors (Lipinski definition) is 0. The van der Waals surface area contributed by atoms with Crippen molar-refractivity contribution in [1.82, 2.24) is 0 Å². The Bertz CT molecular complexity index is 4710. The van der Waals surface area contributed by atoms with Crippen molar-refractivity contribution in [2.24, 2.45) is 0 Å². The first-order valence-corrected chi connectivity index (χ1v) is 33.0. The van der Waals surface area contributed by atoms with Crippen LogP contribution < -0.4 is 25.5 Å². The summed E-state index contributed by atoms with van der Waals surface area (Å²) in [6.07, 6.45) is 0. The summed E-state index contributed by atoms with van der Waals surface area (Å²) in [6.45, 7) is 27.4. The molecule has 89 heavy (non-hydrogen) atoms. The lowest BCUT2D eigenvalue weighted by Crippen LogP contribution is -2.61. The molecule has 0 unspecified atom stereocenters. The summed E-state index contributed by atoms with van der Waals surface area (Å²) < 4.78 is 7.47. The van der Waals surface area contributed by atoms with Crippen LogP contribution in [0.25, 0.3) is 55.3 Å². The number of fused-ring (bicyclic) bond motifs is 10. The molecule has 0 spiro atoms. The Kier molecular flexibility index (Phi) is 13.4. The molecule has 0 N–H and O–H groups in total. The molecule has 0 atom stereocenters. The molecule has 4 heterocycles. The molecule has 0 bridgehead atoms. The minimum atomic E-state index is -0.321. The molecule has 1 aromatic heterocycles. The van der Waals surface area contributed by atoms with Gasteiger partial charge < -0.3 is 19.0 Å². The molecule has 3 aliphatic rings. The van der Waals surface area contributed by atoms with Crippen molar-refractivity contribution in [2.45, 2.75) is 124 Å². The molecule has 11 aromatic carbocycles. The fourth-order valence-corrected chi connectivity index (χ4v) is 15.9. The second-order valence-electron chi connectivity index (χ2n) is 28.6. The summed E-state index contributed by atoms with van der Waals surface area (Å²) in [5, 5.41) is 2.18. The van der Waals surface area contributed by atoms with Crippen molar-refractivity contribution >= 4 is 109 Å². The SMILES string of the molecule is CC(C)(C)c1ccc(N(c2ccc(C(C)(C)C)cc2)c2ccc3c(c2)-c2c4c(cc5c2oc2ccccc25)N(c2ccc(C(C)(C)C)cc2-c2ccccc2)c2cc5c(cc2B4N3c2ccc(C(C)(C)C)cc2-c2ccccc2)Sc2ccccc2S5)cc1. The first-order valence-electron chi connectivity index (χ1n) is 31.4. The van der Waals surface area contributed by atoms with Crippen LogP contribution in [-0.2, 0) is 21.7 Å². The van der Waals surface area contributed by atoms with E-state index in [4.69, 9.17) is 4.42 Å². The van der Waals surface area contributed by atoms with Crippen molar-refractivity contribution in [3.8, 4) is 33.4 Å². The Balaban J connectivity index is 1.10. The summed E-state index contributed by atoms with van der Waals surface area (Å²) >= 11 is 3.77. The summed E-state index contributed by atoms with van der Waals surface area (Å²) in [5.41, 5.74) is 25.0. The highest BCUT2D eigenvalue weighted by Crippen LogP contribution is 2.57. The van der Waals surface area contributed by atoms with Gasteiger partial charge in [-0.1, -0.05) is 234 Å². The Morgan fingerprint density at radius 3 is 1.38 bits per heavy atom. The van der Waals surface area contributed by atoms with Gasteiger partial charge in [-0.3, -0.25) is 0 Å². The summed E-state index contributed by atoms with van der Waals surface area (Å²) in [6, 6.07) is 87.5. The number of hydrogen-bond acceptors (Lipinski definition) is 6. The van der Waals surface area contributed by atoms with Gasteiger partial charge in [0.1, 0.15) is 11.2 Å². The zero-order valence-electron chi connectivity index (χ0n) is 53.1. The molecule has 0 saturated carbocycles. The third-order valence-electron chi connectivity index (χ3n) is 18.5. The minimum Gasteiger partial charge on any atom is -0.455 e. The third kappa shape index (κ3) is 9.79. The lowest BCUT2D eigenvalue weighted by atomic mass is 9.43. The number of benzene rings is 11. The van der Waals surface area contributed by atoms with Crippen molar-refractivity contribution < 1.29 is 4.42 Å². The van der Waals surface area contributed by atoms with E-state index in [1.165, 1.54) is 75.0 Å². The lowest BCUT2D eigenvalue weighted by Gasteiger charge is -2.47. The van der Waals surface area contributed by atoms with E-state index in [1.807, 2.05) is 23.5 Å². The maximum atomic E-state index is 7.47. The molecule has 0 fully saturated rings. The third-order valence-corrected chi connectivity index (χ3v) is 21.0. The molecule has 15 rings (SSSR count). The molecule has 12 aromatic rings. The molecular formula is C82H74BN3OS2. The summed E-state index contributed by atoms with van der Waals surface area (Å²) in [5.74, 6) is 0. The second-order valence-corrected chi connectivity index (χ2v) is 30.8. The van der Waals surface area contributed by atoms with Crippen molar-refractivity contribution in [2.75, 3.05) is 14.6 Å². The van der Waals surface area contributed by atoms with Gasteiger partial charge in [-0.05, 0) is 169 Å².